The molecule has 0 saturated heterocycles. The molecular weight excluding hydrogens is 204 g/mol. The Kier molecular flexibility index (Phi) is 2.87. The van der Waals surface area contributed by atoms with Gasteiger partial charge in [0, 0.05) is 17.8 Å². The fourth-order valence-electron chi connectivity index (χ4n) is 1.44. The Hall–Kier alpha value is -1.88. The lowest BCUT2D eigenvalue weighted by atomic mass is 10.1. The van der Waals surface area contributed by atoms with E-state index in [2.05, 4.69) is 15.5 Å². The summed E-state index contributed by atoms with van der Waals surface area (Å²) in [6.45, 7) is 2.13. The first-order chi connectivity index (χ1) is 7.72. The maximum absolute atomic E-state index is 11.7. The quantitative estimate of drug-likeness (QED) is 0.721. The molecule has 1 unspecified atom stereocenters. The first-order valence-electron chi connectivity index (χ1n) is 5.15. The summed E-state index contributed by atoms with van der Waals surface area (Å²) in [6, 6.07) is 5.64. The van der Waals surface area contributed by atoms with Gasteiger partial charge in [0.2, 0.25) is 5.91 Å². The number of rotatable bonds is 3. The monoisotopic (exact) mass is 218 g/mol. The van der Waals surface area contributed by atoms with Gasteiger partial charge in [0.15, 0.2) is 0 Å². The number of aromatic nitrogens is 2. The number of nitrogens with two attached hydrogens (primary N) is 1. The van der Waals surface area contributed by atoms with Gasteiger partial charge in [0.05, 0.1) is 17.4 Å². The zero-order valence-corrected chi connectivity index (χ0v) is 9.03. The van der Waals surface area contributed by atoms with E-state index in [0.29, 0.717) is 6.54 Å². The molecule has 5 nitrogen and oxygen atoms in total. The molecule has 0 aliphatic rings. The predicted molar refractivity (Wildman–Crippen MR) is 62.9 cm³/mol. The van der Waals surface area contributed by atoms with Crippen LogP contribution in [0.4, 0.5) is 5.69 Å². The average Bonchev–Trinajstić information content (AvgIpc) is 2.77. The Morgan fingerprint density at radius 2 is 2.44 bits per heavy atom. The standard InChI is InChI=1S/C11H14N4O/c1-7(5-12)11(16)14-9-4-2-3-8-6-13-15-10(8)9/h2-4,6-7H,5,12H2,1H3,(H,13,15)(H,14,16). The Bertz CT molecular complexity index is 505. The van der Waals surface area contributed by atoms with E-state index in [9.17, 15) is 4.79 Å². The second-order valence-electron chi connectivity index (χ2n) is 3.77. The fourth-order valence-corrected chi connectivity index (χ4v) is 1.44. The first kappa shape index (κ1) is 10.6. The molecule has 5 heteroatoms. The summed E-state index contributed by atoms with van der Waals surface area (Å²) in [6.07, 6.45) is 1.72. The molecule has 1 aromatic heterocycles. The molecule has 2 aromatic rings. The summed E-state index contributed by atoms with van der Waals surface area (Å²) in [5, 5.41) is 10.6. The topological polar surface area (TPSA) is 83.8 Å². The highest BCUT2D eigenvalue weighted by Gasteiger charge is 2.12. The number of H-pyrrole nitrogens is 1. The largest absolute Gasteiger partial charge is 0.330 e. The van der Waals surface area contributed by atoms with Crippen LogP contribution in [0.5, 0.6) is 0 Å². The molecule has 0 aliphatic heterocycles. The van der Waals surface area contributed by atoms with Crippen LogP contribution in [0.25, 0.3) is 10.9 Å². The minimum absolute atomic E-state index is 0.0791. The highest BCUT2D eigenvalue weighted by Crippen LogP contribution is 2.20. The summed E-state index contributed by atoms with van der Waals surface area (Å²) in [5.74, 6) is -0.275. The van der Waals surface area contributed by atoms with E-state index in [1.54, 1.807) is 13.1 Å². The van der Waals surface area contributed by atoms with Gasteiger partial charge in [-0.15, -0.1) is 0 Å². The van der Waals surface area contributed by atoms with Crippen LogP contribution in [0.1, 0.15) is 6.92 Å². The van der Waals surface area contributed by atoms with E-state index < -0.39 is 0 Å². The second-order valence-corrected chi connectivity index (χ2v) is 3.77. The lowest BCUT2D eigenvalue weighted by molar-refractivity contribution is -0.119. The van der Waals surface area contributed by atoms with Gasteiger partial charge in [-0.25, -0.2) is 0 Å². The van der Waals surface area contributed by atoms with Gasteiger partial charge >= 0.3 is 0 Å². The second kappa shape index (κ2) is 4.32. The molecule has 0 aliphatic carbocycles. The van der Waals surface area contributed by atoms with Gasteiger partial charge in [0.25, 0.3) is 0 Å². The molecule has 0 saturated carbocycles. The van der Waals surface area contributed by atoms with Crippen LogP contribution in [0, 0.1) is 5.92 Å². The molecule has 1 heterocycles. The van der Waals surface area contributed by atoms with Crippen molar-refractivity contribution in [3.63, 3.8) is 0 Å². The summed E-state index contributed by atoms with van der Waals surface area (Å²) in [5.41, 5.74) is 7.01. The summed E-state index contributed by atoms with van der Waals surface area (Å²) in [4.78, 5) is 11.7. The third kappa shape index (κ3) is 1.90. The van der Waals surface area contributed by atoms with Gasteiger partial charge in [-0.2, -0.15) is 5.10 Å². The number of para-hydroxylation sites is 1. The molecule has 0 bridgehead atoms. The molecule has 1 amide bonds. The smallest absolute Gasteiger partial charge is 0.228 e. The van der Waals surface area contributed by atoms with Crippen molar-refractivity contribution in [2.75, 3.05) is 11.9 Å². The van der Waals surface area contributed by atoms with E-state index in [-0.39, 0.29) is 11.8 Å². The van der Waals surface area contributed by atoms with Crippen LogP contribution in [0.2, 0.25) is 0 Å². The Morgan fingerprint density at radius 3 is 3.19 bits per heavy atom. The van der Waals surface area contributed by atoms with Crippen LogP contribution in [0.15, 0.2) is 24.4 Å². The molecule has 84 valence electrons. The average molecular weight is 218 g/mol. The molecule has 16 heavy (non-hydrogen) atoms. The molecular formula is C11H14N4O. The number of fused-ring (bicyclic) bond motifs is 1. The van der Waals surface area contributed by atoms with Crippen molar-refractivity contribution in [3.8, 4) is 0 Å². The number of nitrogens with zero attached hydrogens (tertiary/aromatic N) is 1. The third-order valence-corrected chi connectivity index (χ3v) is 2.54. The van der Waals surface area contributed by atoms with Gasteiger partial charge in [-0.1, -0.05) is 19.1 Å². The van der Waals surface area contributed by atoms with Gasteiger partial charge in [-0.05, 0) is 6.07 Å². The van der Waals surface area contributed by atoms with Crippen LogP contribution in [-0.2, 0) is 4.79 Å². The van der Waals surface area contributed by atoms with Gasteiger partial charge in [0.1, 0.15) is 0 Å². The lowest BCUT2D eigenvalue weighted by Crippen LogP contribution is -2.26. The lowest BCUT2D eigenvalue weighted by Gasteiger charge is -2.10. The number of hydrogen-bond acceptors (Lipinski definition) is 3. The van der Waals surface area contributed by atoms with Crippen LogP contribution in [0.3, 0.4) is 0 Å². The summed E-state index contributed by atoms with van der Waals surface area (Å²) >= 11 is 0. The zero-order valence-electron chi connectivity index (χ0n) is 9.03. The van der Waals surface area contributed by atoms with E-state index in [0.717, 1.165) is 16.6 Å². The molecule has 1 aromatic carbocycles. The maximum atomic E-state index is 11.7. The minimum Gasteiger partial charge on any atom is -0.330 e. The Balaban J connectivity index is 2.27. The van der Waals surface area contributed by atoms with E-state index in [4.69, 9.17) is 5.73 Å². The van der Waals surface area contributed by atoms with E-state index >= 15 is 0 Å². The van der Waals surface area contributed by atoms with Gasteiger partial charge < -0.3 is 11.1 Å². The Labute approximate surface area is 93.0 Å². The molecule has 0 spiro atoms. The number of benzene rings is 1. The number of anilines is 1. The SMILES string of the molecule is CC(CN)C(=O)Nc1cccc2cn[nH]c12. The molecule has 4 N–H and O–H groups in total. The number of hydrogen-bond donors (Lipinski definition) is 3. The normalized spacial score (nSPS) is 12.6. The molecule has 0 radical (unpaired) electrons. The predicted octanol–water partition coefficient (Wildman–Crippen LogP) is 1.10. The van der Waals surface area contributed by atoms with Crippen LogP contribution >= 0.6 is 0 Å². The summed E-state index contributed by atoms with van der Waals surface area (Å²) in [7, 11) is 0. The summed E-state index contributed by atoms with van der Waals surface area (Å²) < 4.78 is 0. The van der Waals surface area contributed by atoms with Crippen LogP contribution < -0.4 is 11.1 Å². The van der Waals surface area contributed by atoms with E-state index in [1.165, 1.54) is 0 Å². The van der Waals surface area contributed by atoms with Crippen molar-refractivity contribution >= 4 is 22.5 Å². The van der Waals surface area contributed by atoms with Crippen molar-refractivity contribution < 1.29 is 4.79 Å². The Morgan fingerprint density at radius 1 is 1.62 bits per heavy atom. The van der Waals surface area contributed by atoms with Crippen molar-refractivity contribution in [3.05, 3.63) is 24.4 Å². The number of amides is 1. The number of carbonyl (C=O) groups excluding carboxylic acids is 1. The fraction of sp³-hybridized carbons (Fsp3) is 0.273. The number of aromatic amines is 1. The van der Waals surface area contributed by atoms with Crippen LogP contribution in [-0.4, -0.2) is 22.6 Å². The highest BCUT2D eigenvalue weighted by atomic mass is 16.1. The van der Waals surface area contributed by atoms with Crippen molar-refractivity contribution in [2.45, 2.75) is 6.92 Å². The molecule has 0 fully saturated rings. The highest BCUT2D eigenvalue weighted by molar-refractivity contribution is 6.00. The van der Waals surface area contributed by atoms with Gasteiger partial charge in [-0.3, -0.25) is 9.89 Å². The maximum Gasteiger partial charge on any atom is 0.228 e. The number of nitrogens with one attached hydrogen (secondary N) is 2. The zero-order chi connectivity index (χ0) is 11.5. The molecule has 1 atom stereocenters. The van der Waals surface area contributed by atoms with Crippen molar-refractivity contribution in [2.24, 2.45) is 11.7 Å². The number of carbonyl (C=O) groups is 1. The van der Waals surface area contributed by atoms with E-state index in [1.807, 2.05) is 18.2 Å². The van der Waals surface area contributed by atoms with Crippen molar-refractivity contribution in [1.29, 1.82) is 0 Å². The molecule has 2 rings (SSSR count). The first-order valence-corrected chi connectivity index (χ1v) is 5.15. The van der Waals surface area contributed by atoms with Crippen molar-refractivity contribution in [1.82, 2.24) is 10.2 Å². The minimum atomic E-state index is -0.196. The third-order valence-electron chi connectivity index (χ3n) is 2.54.